The quantitative estimate of drug-likeness (QED) is 0.803. The second-order valence-electron chi connectivity index (χ2n) is 3.70. The lowest BCUT2D eigenvalue weighted by atomic mass is 10.3. The van der Waals surface area contributed by atoms with E-state index < -0.39 is 20.7 Å². The number of rotatable bonds is 4. The smallest absolute Gasteiger partial charge is 0.245 e. The number of nitrogens with zero attached hydrogens (tertiary/aromatic N) is 2. The Labute approximate surface area is 109 Å². The zero-order valence-electron chi connectivity index (χ0n) is 9.75. The molecule has 8 heteroatoms. The third kappa shape index (κ3) is 3.04. The number of nitrogens with two attached hydrogens (primary N) is 1. The minimum Gasteiger partial charge on any atom is -0.398 e. The molecule has 0 bridgehead atoms. The van der Waals surface area contributed by atoms with E-state index in [0.717, 1.165) is 6.07 Å². The summed E-state index contributed by atoms with van der Waals surface area (Å²) in [6.45, 7) is -0.0933. The zero-order chi connectivity index (χ0) is 13.9. The van der Waals surface area contributed by atoms with Crippen molar-refractivity contribution in [3.63, 3.8) is 0 Å². The molecule has 0 aliphatic carbocycles. The number of anilines is 1. The highest BCUT2D eigenvalue weighted by Crippen LogP contribution is 2.21. The Kier molecular flexibility index (Phi) is 3.72. The summed E-state index contributed by atoms with van der Waals surface area (Å²) < 4.78 is 39.7. The summed E-state index contributed by atoms with van der Waals surface area (Å²) in [6.07, 6.45) is 1.47. The van der Waals surface area contributed by atoms with E-state index in [1.54, 1.807) is 12.1 Å². The number of benzene rings is 1. The van der Waals surface area contributed by atoms with Crippen LogP contribution in [0.5, 0.6) is 0 Å². The van der Waals surface area contributed by atoms with E-state index in [9.17, 15) is 12.8 Å². The van der Waals surface area contributed by atoms with Gasteiger partial charge in [0.2, 0.25) is 10.0 Å². The monoisotopic (exact) mass is 282 g/mol. The average molecular weight is 282 g/mol. The first kappa shape index (κ1) is 13.4. The van der Waals surface area contributed by atoms with Gasteiger partial charge in [0, 0.05) is 6.20 Å². The summed E-state index contributed by atoms with van der Waals surface area (Å²) in [4.78, 5) is -0.557. The van der Waals surface area contributed by atoms with Crippen LogP contribution in [0.1, 0.15) is 5.69 Å². The number of halogens is 1. The molecule has 0 fully saturated rings. The fraction of sp³-hybridized carbons (Fsp3) is 0.0909. The highest BCUT2D eigenvalue weighted by molar-refractivity contribution is 7.89. The van der Waals surface area contributed by atoms with Gasteiger partial charge < -0.3 is 5.73 Å². The highest BCUT2D eigenvalue weighted by atomic mass is 32.2. The van der Waals surface area contributed by atoms with Gasteiger partial charge >= 0.3 is 0 Å². The fourth-order valence-corrected chi connectivity index (χ4v) is 2.66. The molecular formula is C11H11FN4O2S. The number of hydrogen-bond donors (Lipinski definition) is 2. The van der Waals surface area contributed by atoms with Gasteiger partial charge in [0.1, 0.15) is 10.7 Å². The summed E-state index contributed by atoms with van der Waals surface area (Å²) in [5.74, 6) is -0.897. The van der Waals surface area contributed by atoms with Gasteiger partial charge in [0.05, 0.1) is 17.9 Å². The molecular weight excluding hydrogens is 271 g/mol. The van der Waals surface area contributed by atoms with Crippen molar-refractivity contribution in [1.82, 2.24) is 14.9 Å². The van der Waals surface area contributed by atoms with E-state index in [0.29, 0.717) is 5.69 Å². The van der Waals surface area contributed by atoms with Crippen LogP contribution in [0.4, 0.5) is 10.1 Å². The molecule has 0 radical (unpaired) electrons. The Morgan fingerprint density at radius 2 is 2.05 bits per heavy atom. The average Bonchev–Trinajstić information content (AvgIpc) is 2.37. The van der Waals surface area contributed by atoms with E-state index in [-0.39, 0.29) is 12.2 Å². The summed E-state index contributed by atoms with van der Waals surface area (Å²) >= 11 is 0. The maximum absolute atomic E-state index is 13.5. The van der Waals surface area contributed by atoms with Gasteiger partial charge in [-0.3, -0.25) is 0 Å². The van der Waals surface area contributed by atoms with Crippen LogP contribution >= 0.6 is 0 Å². The number of nitrogens with one attached hydrogen (secondary N) is 1. The van der Waals surface area contributed by atoms with Gasteiger partial charge in [-0.05, 0) is 24.3 Å². The summed E-state index contributed by atoms with van der Waals surface area (Å²) in [5.41, 5.74) is 5.76. The van der Waals surface area contributed by atoms with Crippen molar-refractivity contribution in [2.24, 2.45) is 0 Å². The van der Waals surface area contributed by atoms with Gasteiger partial charge in [0.15, 0.2) is 0 Å². The van der Waals surface area contributed by atoms with Crippen LogP contribution in [-0.2, 0) is 16.6 Å². The van der Waals surface area contributed by atoms with E-state index in [1.807, 2.05) is 0 Å². The second kappa shape index (κ2) is 5.29. The Bertz CT molecular complexity index is 656. The van der Waals surface area contributed by atoms with Crippen LogP contribution in [0.2, 0.25) is 0 Å². The van der Waals surface area contributed by atoms with Crippen LogP contribution in [0.25, 0.3) is 0 Å². The first-order valence-corrected chi connectivity index (χ1v) is 6.79. The zero-order valence-corrected chi connectivity index (χ0v) is 10.6. The van der Waals surface area contributed by atoms with Crippen LogP contribution in [0.15, 0.2) is 41.4 Å². The Hall–Kier alpha value is -2.06. The van der Waals surface area contributed by atoms with Gasteiger partial charge in [-0.2, -0.15) is 10.2 Å². The van der Waals surface area contributed by atoms with E-state index in [2.05, 4.69) is 14.9 Å². The molecule has 0 aliphatic rings. The molecule has 0 amide bonds. The van der Waals surface area contributed by atoms with Crippen molar-refractivity contribution in [2.75, 3.05) is 5.73 Å². The summed E-state index contributed by atoms with van der Waals surface area (Å²) in [7, 11) is -4.04. The molecule has 0 saturated carbocycles. The van der Waals surface area contributed by atoms with E-state index in [1.165, 1.54) is 18.3 Å². The second-order valence-corrected chi connectivity index (χ2v) is 5.40. The molecule has 1 aromatic carbocycles. The van der Waals surface area contributed by atoms with Gasteiger partial charge in [-0.1, -0.05) is 6.07 Å². The molecule has 1 aromatic heterocycles. The molecule has 1 heterocycles. The molecule has 100 valence electrons. The Morgan fingerprint density at radius 1 is 1.26 bits per heavy atom. The third-order valence-electron chi connectivity index (χ3n) is 2.34. The fourth-order valence-electron chi connectivity index (χ4n) is 1.48. The number of aromatic nitrogens is 2. The Morgan fingerprint density at radius 3 is 2.68 bits per heavy atom. The minimum atomic E-state index is -4.04. The molecule has 19 heavy (non-hydrogen) atoms. The van der Waals surface area contributed by atoms with Gasteiger partial charge in [-0.25, -0.2) is 17.5 Å². The number of nitrogen functional groups attached to an aromatic ring is 1. The first-order chi connectivity index (χ1) is 9.00. The highest BCUT2D eigenvalue weighted by Gasteiger charge is 2.21. The first-order valence-electron chi connectivity index (χ1n) is 5.31. The van der Waals surface area contributed by atoms with Crippen molar-refractivity contribution >= 4 is 15.7 Å². The number of sulfonamides is 1. The van der Waals surface area contributed by atoms with Crippen molar-refractivity contribution in [3.8, 4) is 0 Å². The maximum Gasteiger partial charge on any atom is 0.245 e. The Balaban J connectivity index is 2.24. The minimum absolute atomic E-state index is 0.0933. The number of hydrogen-bond acceptors (Lipinski definition) is 5. The molecule has 2 rings (SSSR count). The third-order valence-corrected chi connectivity index (χ3v) is 3.83. The normalized spacial score (nSPS) is 11.4. The molecule has 6 nitrogen and oxygen atoms in total. The lowest BCUT2D eigenvalue weighted by molar-refractivity contribution is 0.557. The van der Waals surface area contributed by atoms with Crippen molar-refractivity contribution in [1.29, 1.82) is 0 Å². The van der Waals surface area contributed by atoms with Crippen molar-refractivity contribution in [2.45, 2.75) is 11.4 Å². The standard InChI is InChI=1S/C11H11FN4O2S/c12-9-4-1-5-10(13)11(9)19(17,18)15-7-8-3-2-6-14-16-8/h1-6,15H,7,13H2. The molecule has 0 spiro atoms. The van der Waals surface area contributed by atoms with Crippen LogP contribution in [-0.4, -0.2) is 18.6 Å². The SMILES string of the molecule is Nc1cccc(F)c1S(=O)(=O)NCc1cccnn1. The molecule has 2 aromatic rings. The lowest BCUT2D eigenvalue weighted by Gasteiger charge is -2.09. The van der Waals surface area contributed by atoms with Gasteiger partial charge in [0.25, 0.3) is 0 Å². The molecule has 0 aliphatic heterocycles. The topological polar surface area (TPSA) is 98.0 Å². The molecule has 0 unspecified atom stereocenters. The summed E-state index contributed by atoms with van der Waals surface area (Å²) in [5, 5.41) is 7.33. The predicted molar refractivity (Wildman–Crippen MR) is 66.9 cm³/mol. The maximum atomic E-state index is 13.5. The molecule has 0 saturated heterocycles. The predicted octanol–water partition coefficient (Wildman–Crippen LogP) is 0.676. The molecule has 3 N–H and O–H groups in total. The van der Waals surface area contributed by atoms with Crippen LogP contribution in [0.3, 0.4) is 0 Å². The van der Waals surface area contributed by atoms with Crippen molar-refractivity contribution < 1.29 is 12.8 Å². The summed E-state index contributed by atoms with van der Waals surface area (Å²) in [6, 6.07) is 6.91. The van der Waals surface area contributed by atoms with Crippen molar-refractivity contribution in [3.05, 3.63) is 48.0 Å². The largest absolute Gasteiger partial charge is 0.398 e. The lowest BCUT2D eigenvalue weighted by Crippen LogP contribution is -2.25. The van der Waals surface area contributed by atoms with E-state index in [4.69, 9.17) is 5.73 Å². The van der Waals surface area contributed by atoms with Crippen LogP contribution < -0.4 is 10.5 Å². The van der Waals surface area contributed by atoms with Gasteiger partial charge in [-0.15, -0.1) is 0 Å². The van der Waals surface area contributed by atoms with Crippen LogP contribution in [0, 0.1) is 5.82 Å². The van der Waals surface area contributed by atoms with E-state index >= 15 is 0 Å². The molecule has 0 atom stereocenters.